The molecular formula is C24H26N4O2S2. The van der Waals surface area contributed by atoms with Gasteiger partial charge in [-0.1, -0.05) is 42.5 Å². The van der Waals surface area contributed by atoms with Crippen LogP contribution in [0.4, 0.5) is 5.13 Å². The molecule has 0 atom stereocenters. The first kappa shape index (κ1) is 21.5. The van der Waals surface area contributed by atoms with Gasteiger partial charge in [0.15, 0.2) is 10.1 Å². The number of hydrogen-bond acceptors (Lipinski definition) is 7. The van der Waals surface area contributed by atoms with Crippen molar-refractivity contribution in [3.63, 3.8) is 0 Å². The SMILES string of the molecule is CCc1cccc2sc(N(CCCN3CCOCC3)C(=O)c3nc4ccccc4s3)nc12. The predicted octanol–water partition coefficient (Wildman–Crippen LogP) is 4.84. The molecule has 0 radical (unpaired) electrons. The van der Waals surface area contributed by atoms with Crippen LogP contribution in [0.1, 0.15) is 28.7 Å². The molecule has 32 heavy (non-hydrogen) atoms. The molecule has 0 spiro atoms. The second-order valence-corrected chi connectivity index (χ2v) is 9.90. The van der Waals surface area contributed by atoms with Gasteiger partial charge < -0.3 is 4.74 Å². The van der Waals surface area contributed by atoms with Crippen molar-refractivity contribution in [3.05, 3.63) is 53.0 Å². The van der Waals surface area contributed by atoms with Crippen LogP contribution in [0.25, 0.3) is 20.4 Å². The van der Waals surface area contributed by atoms with Crippen LogP contribution in [-0.2, 0) is 11.2 Å². The summed E-state index contributed by atoms with van der Waals surface area (Å²) in [4.78, 5) is 27.4. The van der Waals surface area contributed by atoms with Gasteiger partial charge in [0, 0.05) is 26.2 Å². The molecule has 6 nitrogen and oxygen atoms in total. The van der Waals surface area contributed by atoms with Crippen LogP contribution in [0.3, 0.4) is 0 Å². The van der Waals surface area contributed by atoms with Gasteiger partial charge in [-0.2, -0.15) is 0 Å². The Morgan fingerprint density at radius 1 is 1.06 bits per heavy atom. The van der Waals surface area contributed by atoms with Gasteiger partial charge in [-0.3, -0.25) is 14.6 Å². The first-order chi connectivity index (χ1) is 15.7. The summed E-state index contributed by atoms with van der Waals surface area (Å²) in [7, 11) is 0. The summed E-state index contributed by atoms with van der Waals surface area (Å²) in [5.41, 5.74) is 3.09. The second kappa shape index (κ2) is 9.62. The summed E-state index contributed by atoms with van der Waals surface area (Å²) in [6.45, 7) is 7.17. The number of thiazole rings is 2. The lowest BCUT2D eigenvalue weighted by Crippen LogP contribution is -2.39. The van der Waals surface area contributed by atoms with E-state index in [2.05, 4.69) is 35.0 Å². The minimum Gasteiger partial charge on any atom is -0.379 e. The molecule has 1 fully saturated rings. The Kier molecular flexibility index (Phi) is 6.45. The van der Waals surface area contributed by atoms with Gasteiger partial charge in [0.2, 0.25) is 0 Å². The lowest BCUT2D eigenvalue weighted by molar-refractivity contribution is 0.0376. The zero-order valence-corrected chi connectivity index (χ0v) is 19.8. The third-order valence-corrected chi connectivity index (χ3v) is 7.85. The van der Waals surface area contributed by atoms with Crippen LogP contribution in [0, 0.1) is 0 Å². The number of para-hydroxylation sites is 2. The Morgan fingerprint density at radius 3 is 2.69 bits per heavy atom. The number of morpholine rings is 1. The minimum atomic E-state index is -0.0646. The molecule has 1 amide bonds. The van der Waals surface area contributed by atoms with E-state index in [1.807, 2.05) is 29.2 Å². The topological polar surface area (TPSA) is 58.6 Å². The predicted molar refractivity (Wildman–Crippen MR) is 132 cm³/mol. The molecule has 0 unspecified atom stereocenters. The van der Waals surface area contributed by atoms with Crippen LogP contribution in [0.15, 0.2) is 42.5 Å². The van der Waals surface area contributed by atoms with Crippen molar-refractivity contribution in [2.75, 3.05) is 44.3 Å². The monoisotopic (exact) mass is 466 g/mol. The van der Waals surface area contributed by atoms with E-state index >= 15 is 0 Å². The number of benzene rings is 2. The van der Waals surface area contributed by atoms with Crippen LogP contribution < -0.4 is 4.90 Å². The molecule has 2 aromatic carbocycles. The summed E-state index contributed by atoms with van der Waals surface area (Å²) < 4.78 is 7.60. The number of carbonyl (C=O) groups is 1. The third kappa shape index (κ3) is 4.41. The fourth-order valence-corrected chi connectivity index (χ4v) is 5.99. The van der Waals surface area contributed by atoms with Crippen molar-refractivity contribution < 1.29 is 9.53 Å². The Balaban J connectivity index is 1.44. The Labute approximate surface area is 195 Å². The average molecular weight is 467 g/mol. The van der Waals surface area contributed by atoms with Gasteiger partial charge in [0.25, 0.3) is 5.91 Å². The number of amides is 1. The van der Waals surface area contributed by atoms with Crippen LogP contribution in [0.5, 0.6) is 0 Å². The molecule has 2 aromatic heterocycles. The molecule has 4 aromatic rings. The minimum absolute atomic E-state index is 0.0646. The number of anilines is 1. The fourth-order valence-electron chi connectivity index (χ4n) is 4.03. The van der Waals surface area contributed by atoms with Crippen LogP contribution >= 0.6 is 22.7 Å². The molecule has 166 valence electrons. The van der Waals surface area contributed by atoms with Gasteiger partial charge in [-0.25, -0.2) is 9.97 Å². The highest BCUT2D eigenvalue weighted by atomic mass is 32.1. The van der Waals surface area contributed by atoms with Gasteiger partial charge in [0.1, 0.15) is 0 Å². The quantitative estimate of drug-likeness (QED) is 0.390. The van der Waals surface area contributed by atoms with Crippen molar-refractivity contribution >= 4 is 54.1 Å². The lowest BCUT2D eigenvalue weighted by Gasteiger charge is -2.27. The molecule has 0 N–H and O–H groups in total. The zero-order valence-electron chi connectivity index (χ0n) is 18.1. The van der Waals surface area contributed by atoms with Crippen LogP contribution in [0.2, 0.25) is 0 Å². The van der Waals surface area contributed by atoms with Gasteiger partial charge >= 0.3 is 0 Å². The number of aromatic nitrogens is 2. The Morgan fingerprint density at radius 2 is 1.88 bits per heavy atom. The van der Waals surface area contributed by atoms with Gasteiger partial charge in [-0.05, 0) is 36.6 Å². The Hall–Kier alpha value is -2.39. The third-order valence-electron chi connectivity index (χ3n) is 5.78. The van der Waals surface area contributed by atoms with E-state index in [9.17, 15) is 4.79 Å². The first-order valence-corrected chi connectivity index (χ1v) is 12.7. The summed E-state index contributed by atoms with van der Waals surface area (Å²) in [6.07, 6.45) is 1.80. The molecule has 1 aliphatic heterocycles. The van der Waals surface area contributed by atoms with E-state index in [1.165, 1.54) is 16.9 Å². The van der Waals surface area contributed by atoms with E-state index in [0.29, 0.717) is 11.6 Å². The molecule has 0 bridgehead atoms. The molecule has 1 saturated heterocycles. The van der Waals surface area contributed by atoms with Crippen molar-refractivity contribution in [2.24, 2.45) is 0 Å². The van der Waals surface area contributed by atoms with Gasteiger partial charge in [-0.15, -0.1) is 11.3 Å². The number of rotatable bonds is 7. The summed E-state index contributed by atoms with van der Waals surface area (Å²) in [5.74, 6) is -0.0646. The molecule has 3 heterocycles. The standard InChI is InChI=1S/C24H26N4O2S2/c1-2-17-7-5-10-20-21(17)26-24(32-20)28(12-6-11-27-13-15-30-16-14-27)23(29)22-25-18-8-3-4-9-19(18)31-22/h3-5,7-10H,2,6,11-16H2,1H3. The average Bonchev–Trinajstić information content (AvgIpc) is 3.46. The second-order valence-electron chi connectivity index (χ2n) is 7.86. The number of nitrogens with zero attached hydrogens (tertiary/aromatic N) is 4. The van der Waals surface area contributed by atoms with E-state index in [0.717, 1.165) is 71.3 Å². The first-order valence-electron chi connectivity index (χ1n) is 11.1. The van der Waals surface area contributed by atoms with Crippen molar-refractivity contribution in [3.8, 4) is 0 Å². The Bertz CT molecular complexity index is 1200. The smallest absolute Gasteiger partial charge is 0.289 e. The molecule has 0 aliphatic carbocycles. The molecule has 1 aliphatic rings. The molecular weight excluding hydrogens is 440 g/mol. The largest absolute Gasteiger partial charge is 0.379 e. The summed E-state index contributed by atoms with van der Waals surface area (Å²) >= 11 is 3.04. The summed E-state index contributed by atoms with van der Waals surface area (Å²) in [6, 6.07) is 14.2. The number of aryl methyl sites for hydroxylation is 1. The molecule has 5 rings (SSSR count). The maximum absolute atomic E-state index is 13.6. The number of hydrogen-bond donors (Lipinski definition) is 0. The van der Waals surface area contributed by atoms with E-state index in [4.69, 9.17) is 9.72 Å². The zero-order chi connectivity index (χ0) is 21.9. The maximum Gasteiger partial charge on any atom is 0.289 e. The van der Waals surface area contributed by atoms with E-state index < -0.39 is 0 Å². The fraction of sp³-hybridized carbons (Fsp3) is 0.375. The van der Waals surface area contributed by atoms with Crippen LogP contribution in [-0.4, -0.2) is 60.2 Å². The highest BCUT2D eigenvalue weighted by molar-refractivity contribution is 7.23. The molecule has 8 heteroatoms. The van der Waals surface area contributed by atoms with Crippen molar-refractivity contribution in [1.29, 1.82) is 0 Å². The van der Waals surface area contributed by atoms with E-state index in [1.54, 1.807) is 11.3 Å². The maximum atomic E-state index is 13.6. The number of fused-ring (bicyclic) bond motifs is 2. The highest BCUT2D eigenvalue weighted by Crippen LogP contribution is 2.33. The summed E-state index contributed by atoms with van der Waals surface area (Å²) in [5, 5.41) is 1.28. The number of ether oxygens (including phenoxy) is 1. The highest BCUT2D eigenvalue weighted by Gasteiger charge is 2.25. The van der Waals surface area contributed by atoms with E-state index in [-0.39, 0.29) is 5.91 Å². The van der Waals surface area contributed by atoms with Crippen molar-refractivity contribution in [2.45, 2.75) is 19.8 Å². The molecule has 0 saturated carbocycles. The number of carbonyl (C=O) groups excluding carboxylic acids is 1. The van der Waals surface area contributed by atoms with Gasteiger partial charge in [0.05, 0.1) is 33.6 Å². The normalized spacial score (nSPS) is 14.9. The van der Waals surface area contributed by atoms with Crippen molar-refractivity contribution in [1.82, 2.24) is 14.9 Å². The lowest BCUT2D eigenvalue weighted by atomic mass is 10.1.